The van der Waals surface area contributed by atoms with Gasteiger partial charge in [0.05, 0.1) is 35.6 Å². The molecule has 0 bridgehead atoms. The number of hydrogen-bond donors (Lipinski definition) is 0. The molecule has 0 fully saturated rings. The molecule has 0 saturated carbocycles. The molecule has 9 heteroatoms. The molecule has 0 amide bonds. The number of hydrogen-bond acceptors (Lipinski definition) is 4. The van der Waals surface area contributed by atoms with Gasteiger partial charge in [0, 0.05) is 12.1 Å². The standard InChI is InChI=1S/C22H12Br2Cl2N2O3/c23-18-8-14(7-16(11-27)15-3-6-20(25)21(26)10-15)9-19(24)22(18)31-12-13-1-4-17(5-2-13)28(29)30/h1-10H,12H2/b16-7-. The first kappa shape index (κ1) is 23.3. The summed E-state index contributed by atoms with van der Waals surface area (Å²) in [6.45, 7) is 0.233. The van der Waals surface area contributed by atoms with Gasteiger partial charge in [-0.05, 0) is 91.0 Å². The normalized spacial score (nSPS) is 11.1. The third-order valence-electron chi connectivity index (χ3n) is 4.21. The first-order chi connectivity index (χ1) is 14.8. The Hall–Kier alpha value is -2.37. The van der Waals surface area contributed by atoms with Gasteiger partial charge in [-0.15, -0.1) is 0 Å². The van der Waals surface area contributed by atoms with Crippen molar-refractivity contribution in [3.63, 3.8) is 0 Å². The van der Waals surface area contributed by atoms with Crippen LogP contribution in [0.4, 0.5) is 5.69 Å². The smallest absolute Gasteiger partial charge is 0.269 e. The van der Waals surface area contributed by atoms with Crippen LogP contribution < -0.4 is 4.74 Å². The van der Waals surface area contributed by atoms with Crippen molar-refractivity contribution < 1.29 is 9.66 Å². The SMILES string of the molecule is N#C/C(=C/c1cc(Br)c(OCc2ccc([N+](=O)[O-])cc2)c(Br)c1)c1ccc(Cl)c(Cl)c1. The molecule has 0 aromatic heterocycles. The summed E-state index contributed by atoms with van der Waals surface area (Å²) >= 11 is 19.0. The average molecular weight is 583 g/mol. The van der Waals surface area contributed by atoms with E-state index in [1.807, 2.05) is 12.1 Å². The highest BCUT2D eigenvalue weighted by Gasteiger charge is 2.11. The third-order valence-corrected chi connectivity index (χ3v) is 6.13. The Morgan fingerprint density at radius 3 is 2.26 bits per heavy atom. The topological polar surface area (TPSA) is 76.2 Å². The van der Waals surface area contributed by atoms with Crippen LogP contribution in [0.2, 0.25) is 10.0 Å². The molecule has 5 nitrogen and oxygen atoms in total. The van der Waals surface area contributed by atoms with Crippen LogP contribution >= 0.6 is 55.1 Å². The molecule has 0 spiro atoms. The van der Waals surface area contributed by atoms with E-state index in [0.29, 0.717) is 35.9 Å². The Morgan fingerprint density at radius 1 is 1.06 bits per heavy atom. The maximum absolute atomic E-state index is 10.8. The Bertz CT molecular complexity index is 1200. The van der Waals surface area contributed by atoms with E-state index in [-0.39, 0.29) is 12.3 Å². The number of allylic oxidation sites excluding steroid dienone is 1. The van der Waals surface area contributed by atoms with E-state index < -0.39 is 4.92 Å². The van der Waals surface area contributed by atoms with E-state index in [1.54, 1.807) is 36.4 Å². The van der Waals surface area contributed by atoms with Crippen molar-refractivity contribution >= 4 is 72.4 Å². The largest absolute Gasteiger partial charge is 0.487 e. The molecule has 3 aromatic rings. The van der Waals surface area contributed by atoms with Crippen LogP contribution in [-0.4, -0.2) is 4.92 Å². The second-order valence-electron chi connectivity index (χ2n) is 6.32. The van der Waals surface area contributed by atoms with Crippen molar-refractivity contribution in [2.75, 3.05) is 0 Å². The van der Waals surface area contributed by atoms with Crippen LogP contribution in [0, 0.1) is 21.4 Å². The monoisotopic (exact) mass is 580 g/mol. The number of non-ortho nitro benzene ring substituents is 1. The van der Waals surface area contributed by atoms with Crippen LogP contribution in [0.5, 0.6) is 5.75 Å². The van der Waals surface area contributed by atoms with Crippen molar-refractivity contribution in [1.29, 1.82) is 5.26 Å². The molecule has 0 N–H and O–H groups in total. The highest BCUT2D eigenvalue weighted by atomic mass is 79.9. The Morgan fingerprint density at radius 2 is 1.71 bits per heavy atom. The van der Waals surface area contributed by atoms with Crippen molar-refractivity contribution in [3.8, 4) is 11.8 Å². The quantitative estimate of drug-likeness (QED) is 0.127. The number of nitro groups is 1. The predicted molar refractivity (Wildman–Crippen MR) is 129 cm³/mol. The first-order valence-electron chi connectivity index (χ1n) is 8.71. The molecule has 0 aliphatic carbocycles. The Balaban J connectivity index is 1.82. The zero-order valence-corrected chi connectivity index (χ0v) is 20.3. The van der Waals surface area contributed by atoms with E-state index in [2.05, 4.69) is 37.9 Å². The maximum atomic E-state index is 10.8. The fourth-order valence-electron chi connectivity index (χ4n) is 2.68. The summed E-state index contributed by atoms with van der Waals surface area (Å²) in [5.74, 6) is 0.573. The minimum absolute atomic E-state index is 0.0255. The predicted octanol–water partition coefficient (Wildman–Crippen LogP) is 8.07. The van der Waals surface area contributed by atoms with Gasteiger partial charge in [-0.2, -0.15) is 5.26 Å². The second-order valence-corrected chi connectivity index (χ2v) is 8.85. The lowest BCUT2D eigenvalue weighted by molar-refractivity contribution is -0.384. The van der Waals surface area contributed by atoms with E-state index in [9.17, 15) is 15.4 Å². The van der Waals surface area contributed by atoms with Crippen LogP contribution in [-0.2, 0) is 6.61 Å². The van der Waals surface area contributed by atoms with Gasteiger partial charge in [-0.25, -0.2) is 0 Å². The van der Waals surface area contributed by atoms with Gasteiger partial charge in [-0.1, -0.05) is 29.3 Å². The van der Waals surface area contributed by atoms with Gasteiger partial charge in [-0.3, -0.25) is 10.1 Å². The lowest BCUT2D eigenvalue weighted by atomic mass is 10.0. The number of benzene rings is 3. The molecule has 3 aromatic carbocycles. The number of nitro benzene ring substituents is 1. The summed E-state index contributed by atoms with van der Waals surface area (Å²) in [4.78, 5) is 10.3. The first-order valence-corrected chi connectivity index (χ1v) is 11.0. The fourth-order valence-corrected chi connectivity index (χ4v) is 4.43. The van der Waals surface area contributed by atoms with E-state index in [1.165, 1.54) is 12.1 Å². The molecule has 0 aliphatic heterocycles. The number of nitrogens with zero attached hydrogens (tertiary/aromatic N) is 2. The molecule has 0 radical (unpaired) electrons. The van der Waals surface area contributed by atoms with E-state index >= 15 is 0 Å². The van der Waals surface area contributed by atoms with Crippen molar-refractivity contribution in [3.05, 3.63) is 100 Å². The molecule has 0 aliphatic rings. The van der Waals surface area contributed by atoms with Gasteiger partial charge in [0.2, 0.25) is 0 Å². The molecule has 0 atom stereocenters. The van der Waals surface area contributed by atoms with Crippen LogP contribution in [0.15, 0.2) is 63.5 Å². The molecular weight excluding hydrogens is 571 g/mol. The summed E-state index contributed by atoms with van der Waals surface area (Å²) in [6, 6.07) is 17.0. The lowest BCUT2D eigenvalue weighted by Gasteiger charge is -2.12. The van der Waals surface area contributed by atoms with Crippen LogP contribution in [0.25, 0.3) is 11.6 Å². The summed E-state index contributed by atoms with van der Waals surface area (Å²) in [5, 5.41) is 21.1. The minimum atomic E-state index is -0.447. The highest BCUT2D eigenvalue weighted by molar-refractivity contribution is 9.11. The van der Waals surface area contributed by atoms with Crippen LogP contribution in [0.3, 0.4) is 0 Å². The summed E-state index contributed by atoms with van der Waals surface area (Å²) in [6.07, 6.45) is 1.73. The van der Waals surface area contributed by atoms with Gasteiger partial charge in [0.1, 0.15) is 12.4 Å². The number of rotatable bonds is 6. The third kappa shape index (κ3) is 5.86. The van der Waals surface area contributed by atoms with Gasteiger partial charge < -0.3 is 4.74 Å². The van der Waals surface area contributed by atoms with Crippen molar-refractivity contribution in [2.45, 2.75) is 6.61 Å². The molecular formula is C22H12Br2Cl2N2O3. The minimum Gasteiger partial charge on any atom is -0.487 e. The maximum Gasteiger partial charge on any atom is 0.269 e. The zero-order chi connectivity index (χ0) is 22.5. The summed E-state index contributed by atoms with van der Waals surface area (Å²) in [7, 11) is 0. The number of ether oxygens (including phenoxy) is 1. The lowest BCUT2D eigenvalue weighted by Crippen LogP contribution is -1.98. The van der Waals surface area contributed by atoms with Crippen LogP contribution in [0.1, 0.15) is 16.7 Å². The Labute approximate surface area is 205 Å². The van der Waals surface area contributed by atoms with Crippen molar-refractivity contribution in [1.82, 2.24) is 0 Å². The molecule has 0 unspecified atom stereocenters. The van der Waals surface area contributed by atoms with E-state index in [0.717, 1.165) is 11.1 Å². The number of nitriles is 1. The fraction of sp³-hybridized carbons (Fsp3) is 0.0455. The molecule has 31 heavy (non-hydrogen) atoms. The summed E-state index contributed by atoms with van der Waals surface area (Å²) < 4.78 is 7.24. The number of halogens is 4. The molecule has 0 saturated heterocycles. The average Bonchev–Trinajstić information content (AvgIpc) is 2.73. The summed E-state index contributed by atoms with van der Waals surface area (Å²) in [5.41, 5.74) is 2.67. The second kappa shape index (κ2) is 10.3. The van der Waals surface area contributed by atoms with Crippen molar-refractivity contribution in [2.24, 2.45) is 0 Å². The molecule has 156 valence electrons. The Kier molecular flexibility index (Phi) is 7.74. The zero-order valence-electron chi connectivity index (χ0n) is 15.6. The van der Waals surface area contributed by atoms with Gasteiger partial charge in [0.25, 0.3) is 5.69 Å². The van der Waals surface area contributed by atoms with Gasteiger partial charge >= 0.3 is 0 Å². The molecule has 0 heterocycles. The van der Waals surface area contributed by atoms with Gasteiger partial charge in [0.15, 0.2) is 0 Å². The van der Waals surface area contributed by atoms with E-state index in [4.69, 9.17) is 27.9 Å². The highest BCUT2D eigenvalue weighted by Crippen LogP contribution is 2.36. The molecule has 3 rings (SSSR count).